The first-order chi connectivity index (χ1) is 8.18. The van der Waals surface area contributed by atoms with Crippen molar-refractivity contribution in [2.45, 2.75) is 0 Å². The van der Waals surface area contributed by atoms with Crippen LogP contribution in [0.25, 0.3) is 21.8 Å². The number of nitrogen functional groups attached to an aromatic ring is 1. The molecular weight excluding hydrogens is 216 g/mol. The Kier molecular flexibility index (Phi) is 1.82. The van der Waals surface area contributed by atoms with E-state index in [1.165, 1.54) is 6.20 Å². The van der Waals surface area contributed by atoms with E-state index in [-0.39, 0.29) is 0 Å². The van der Waals surface area contributed by atoms with Gasteiger partial charge >= 0.3 is 0 Å². The average Bonchev–Trinajstić information content (AvgIpc) is 2.68. The van der Waals surface area contributed by atoms with Crippen LogP contribution in [0, 0.1) is 0 Å². The number of para-hydroxylation sites is 1. The number of hydrogen-bond acceptors (Lipinski definition) is 3. The number of carbonyl (C=O) groups excluding carboxylic acids is 1. The van der Waals surface area contributed by atoms with E-state index in [0.717, 1.165) is 16.3 Å². The van der Waals surface area contributed by atoms with E-state index < -0.39 is 5.91 Å². The van der Waals surface area contributed by atoms with Crippen LogP contribution in [0.5, 0.6) is 0 Å². The molecule has 0 aliphatic carbocycles. The van der Waals surface area contributed by atoms with Crippen molar-refractivity contribution >= 4 is 33.5 Å². The van der Waals surface area contributed by atoms with Crippen LogP contribution in [-0.2, 0) is 0 Å². The molecule has 1 aromatic carbocycles. The third kappa shape index (κ3) is 1.25. The number of nitrogens with one attached hydrogen (secondary N) is 1. The Morgan fingerprint density at radius 3 is 2.82 bits per heavy atom. The Bertz CT molecular complexity index is 745. The molecular formula is C12H10N4O. The lowest BCUT2D eigenvalue weighted by Gasteiger charge is -2.00. The van der Waals surface area contributed by atoms with Crippen molar-refractivity contribution < 1.29 is 4.79 Å². The van der Waals surface area contributed by atoms with Crippen LogP contribution in [0.1, 0.15) is 10.4 Å². The highest BCUT2D eigenvalue weighted by Crippen LogP contribution is 2.30. The number of nitrogens with zero attached hydrogens (tertiary/aromatic N) is 1. The number of rotatable bonds is 1. The van der Waals surface area contributed by atoms with E-state index in [0.29, 0.717) is 16.9 Å². The van der Waals surface area contributed by atoms with Gasteiger partial charge in [-0.05, 0) is 6.07 Å². The first-order valence-electron chi connectivity index (χ1n) is 5.13. The molecule has 0 bridgehead atoms. The fourth-order valence-corrected chi connectivity index (χ4v) is 2.06. The molecule has 1 amide bonds. The summed E-state index contributed by atoms with van der Waals surface area (Å²) in [5, 5.41) is 1.69. The molecule has 0 aliphatic heterocycles. The van der Waals surface area contributed by atoms with E-state index in [9.17, 15) is 4.79 Å². The topological polar surface area (TPSA) is 97.8 Å². The molecule has 5 N–H and O–H groups in total. The summed E-state index contributed by atoms with van der Waals surface area (Å²) in [6, 6.07) is 7.66. The molecule has 0 fully saturated rings. The molecule has 3 rings (SSSR count). The van der Waals surface area contributed by atoms with E-state index in [2.05, 4.69) is 9.97 Å². The molecule has 2 heterocycles. The number of pyridine rings is 1. The molecule has 5 heteroatoms. The van der Waals surface area contributed by atoms with Gasteiger partial charge in [-0.25, -0.2) is 4.98 Å². The van der Waals surface area contributed by atoms with Gasteiger partial charge in [-0.3, -0.25) is 4.79 Å². The van der Waals surface area contributed by atoms with E-state index in [1.807, 2.05) is 24.3 Å². The van der Waals surface area contributed by atoms with Crippen molar-refractivity contribution in [1.29, 1.82) is 0 Å². The van der Waals surface area contributed by atoms with Crippen molar-refractivity contribution in [2.75, 3.05) is 5.73 Å². The van der Waals surface area contributed by atoms with Crippen molar-refractivity contribution in [2.24, 2.45) is 5.73 Å². The molecule has 0 aliphatic rings. The molecule has 0 saturated carbocycles. The summed E-state index contributed by atoms with van der Waals surface area (Å²) in [5.41, 5.74) is 13.1. The van der Waals surface area contributed by atoms with Crippen molar-refractivity contribution in [3.8, 4) is 0 Å². The minimum atomic E-state index is -0.519. The maximum absolute atomic E-state index is 11.3. The number of aromatic nitrogens is 2. The van der Waals surface area contributed by atoms with Crippen LogP contribution >= 0.6 is 0 Å². The van der Waals surface area contributed by atoms with Gasteiger partial charge in [0.1, 0.15) is 5.82 Å². The van der Waals surface area contributed by atoms with E-state index >= 15 is 0 Å². The number of aromatic amines is 1. The van der Waals surface area contributed by atoms with Crippen LogP contribution < -0.4 is 11.5 Å². The minimum absolute atomic E-state index is 0.352. The number of primary amides is 1. The summed E-state index contributed by atoms with van der Waals surface area (Å²) in [4.78, 5) is 18.5. The van der Waals surface area contributed by atoms with Crippen LogP contribution in [0.4, 0.5) is 5.82 Å². The SMILES string of the molecule is NC(=O)c1cnc(N)c2c1[nH]c1ccccc12. The quantitative estimate of drug-likeness (QED) is 0.584. The van der Waals surface area contributed by atoms with Gasteiger partial charge in [0, 0.05) is 17.1 Å². The van der Waals surface area contributed by atoms with Crippen LogP contribution in [-0.4, -0.2) is 15.9 Å². The predicted molar refractivity (Wildman–Crippen MR) is 66.5 cm³/mol. The third-order valence-electron chi connectivity index (χ3n) is 2.83. The first-order valence-corrected chi connectivity index (χ1v) is 5.13. The Labute approximate surface area is 96.4 Å². The van der Waals surface area contributed by atoms with Gasteiger partial charge in [-0.15, -0.1) is 0 Å². The highest BCUT2D eigenvalue weighted by Gasteiger charge is 2.14. The molecule has 0 saturated heterocycles. The lowest BCUT2D eigenvalue weighted by atomic mass is 10.1. The second kappa shape index (κ2) is 3.21. The monoisotopic (exact) mass is 226 g/mol. The number of benzene rings is 1. The van der Waals surface area contributed by atoms with Crippen molar-refractivity contribution in [3.63, 3.8) is 0 Å². The molecule has 0 spiro atoms. The number of fused-ring (bicyclic) bond motifs is 3. The van der Waals surface area contributed by atoms with Gasteiger partial charge < -0.3 is 16.5 Å². The summed E-state index contributed by atoms with van der Waals surface area (Å²) in [6.45, 7) is 0. The standard InChI is InChI=1S/C12H10N4O/c13-11-9-6-3-1-2-4-8(6)16-10(9)7(5-15-11)12(14)17/h1-5,16H,(H2,13,15)(H2,14,17). The Balaban J connectivity index is 2.58. The largest absolute Gasteiger partial charge is 0.383 e. The van der Waals surface area contributed by atoms with Gasteiger partial charge in [0.05, 0.1) is 16.5 Å². The predicted octanol–water partition coefficient (Wildman–Crippen LogP) is 1.40. The van der Waals surface area contributed by atoms with Gasteiger partial charge in [0.15, 0.2) is 0 Å². The zero-order chi connectivity index (χ0) is 12.0. The van der Waals surface area contributed by atoms with Crippen molar-refractivity contribution in [1.82, 2.24) is 9.97 Å². The number of carbonyl (C=O) groups is 1. The highest BCUT2D eigenvalue weighted by molar-refractivity contribution is 6.17. The molecule has 17 heavy (non-hydrogen) atoms. The molecule has 5 nitrogen and oxygen atoms in total. The number of nitrogens with two attached hydrogens (primary N) is 2. The molecule has 0 unspecified atom stereocenters. The summed E-state index contributed by atoms with van der Waals surface area (Å²) in [7, 11) is 0. The molecule has 0 atom stereocenters. The Morgan fingerprint density at radius 2 is 2.06 bits per heavy atom. The molecule has 3 aromatic rings. The average molecular weight is 226 g/mol. The van der Waals surface area contributed by atoms with Gasteiger partial charge in [-0.2, -0.15) is 0 Å². The van der Waals surface area contributed by atoms with Crippen molar-refractivity contribution in [3.05, 3.63) is 36.0 Å². The second-order valence-corrected chi connectivity index (χ2v) is 3.84. The van der Waals surface area contributed by atoms with E-state index in [1.54, 1.807) is 0 Å². The summed E-state index contributed by atoms with van der Waals surface area (Å²) in [6.07, 6.45) is 1.40. The maximum atomic E-state index is 11.3. The van der Waals surface area contributed by atoms with Crippen LogP contribution in [0.3, 0.4) is 0 Å². The summed E-state index contributed by atoms with van der Waals surface area (Å²) < 4.78 is 0. The van der Waals surface area contributed by atoms with Gasteiger partial charge in [0.2, 0.25) is 0 Å². The summed E-state index contributed by atoms with van der Waals surface area (Å²) >= 11 is 0. The maximum Gasteiger partial charge on any atom is 0.252 e. The first kappa shape index (κ1) is 9.65. The zero-order valence-electron chi connectivity index (χ0n) is 8.90. The lowest BCUT2D eigenvalue weighted by molar-refractivity contribution is 0.100. The molecule has 84 valence electrons. The van der Waals surface area contributed by atoms with Crippen LogP contribution in [0.15, 0.2) is 30.5 Å². The fourth-order valence-electron chi connectivity index (χ4n) is 2.06. The Morgan fingerprint density at radius 1 is 1.29 bits per heavy atom. The lowest BCUT2D eigenvalue weighted by Crippen LogP contribution is -2.12. The number of amides is 1. The van der Waals surface area contributed by atoms with Gasteiger partial charge in [0.25, 0.3) is 5.91 Å². The summed E-state index contributed by atoms with van der Waals surface area (Å²) in [5.74, 6) is -0.128. The smallest absolute Gasteiger partial charge is 0.252 e. The Hall–Kier alpha value is -2.56. The molecule has 0 radical (unpaired) electrons. The number of H-pyrrole nitrogens is 1. The normalized spacial score (nSPS) is 11.1. The number of anilines is 1. The van der Waals surface area contributed by atoms with E-state index in [4.69, 9.17) is 11.5 Å². The fraction of sp³-hybridized carbons (Fsp3) is 0. The highest BCUT2D eigenvalue weighted by atomic mass is 16.1. The van der Waals surface area contributed by atoms with Gasteiger partial charge in [-0.1, -0.05) is 18.2 Å². The van der Waals surface area contributed by atoms with Crippen LogP contribution in [0.2, 0.25) is 0 Å². The minimum Gasteiger partial charge on any atom is -0.383 e. The number of hydrogen-bond donors (Lipinski definition) is 3. The third-order valence-corrected chi connectivity index (χ3v) is 2.83. The second-order valence-electron chi connectivity index (χ2n) is 3.84. The zero-order valence-corrected chi connectivity index (χ0v) is 8.90. The molecule has 2 aromatic heterocycles.